The highest BCUT2D eigenvalue weighted by Gasteiger charge is 2.43. The fraction of sp³-hybridized carbons (Fsp3) is 0.538. The van der Waals surface area contributed by atoms with E-state index < -0.39 is 0 Å². The molecule has 3 fully saturated rings. The van der Waals surface area contributed by atoms with E-state index in [-0.39, 0.29) is 30.1 Å². The van der Waals surface area contributed by atoms with Gasteiger partial charge in [-0.15, -0.1) is 0 Å². The van der Waals surface area contributed by atoms with E-state index in [4.69, 9.17) is 14.5 Å². The maximum absolute atomic E-state index is 12.9. The van der Waals surface area contributed by atoms with Crippen LogP contribution in [0.15, 0.2) is 24.4 Å². The van der Waals surface area contributed by atoms with Crippen LogP contribution in [0.3, 0.4) is 0 Å². The Balaban J connectivity index is 1.40. The maximum Gasteiger partial charge on any atom is 0.227 e. The fourth-order valence-electron chi connectivity index (χ4n) is 5.79. The van der Waals surface area contributed by atoms with Crippen LogP contribution in [0.4, 0.5) is 0 Å². The monoisotopic (exact) mass is 459 g/mol. The molecule has 3 aromatic rings. The highest BCUT2D eigenvalue weighted by molar-refractivity contribution is 6.03. The Bertz CT molecular complexity index is 1280. The van der Waals surface area contributed by atoms with Crippen molar-refractivity contribution in [1.82, 2.24) is 19.9 Å². The summed E-state index contributed by atoms with van der Waals surface area (Å²) in [6, 6.07) is 8.00. The van der Waals surface area contributed by atoms with Crippen LogP contribution >= 0.6 is 0 Å². The van der Waals surface area contributed by atoms with E-state index >= 15 is 0 Å². The Morgan fingerprint density at radius 2 is 2.15 bits per heavy atom. The minimum absolute atomic E-state index is 0.0422. The highest BCUT2D eigenvalue weighted by atomic mass is 16.5. The molecule has 8 heteroatoms. The van der Waals surface area contributed by atoms with Gasteiger partial charge in [0.2, 0.25) is 5.91 Å². The van der Waals surface area contributed by atoms with Crippen molar-refractivity contribution < 1.29 is 14.3 Å². The van der Waals surface area contributed by atoms with Crippen molar-refractivity contribution >= 4 is 27.8 Å². The topological polar surface area (TPSA) is 102 Å². The van der Waals surface area contributed by atoms with Crippen LogP contribution in [0.2, 0.25) is 0 Å². The highest BCUT2D eigenvalue weighted by Crippen LogP contribution is 2.47. The second-order valence-corrected chi connectivity index (χ2v) is 9.88. The second-order valence-electron chi connectivity index (χ2n) is 9.88. The number of rotatable bonds is 5. The Hall–Kier alpha value is -3.02. The van der Waals surface area contributed by atoms with E-state index in [0.717, 1.165) is 72.9 Å². The lowest BCUT2D eigenvalue weighted by atomic mass is 9.74. The van der Waals surface area contributed by atoms with Crippen LogP contribution in [0, 0.1) is 11.3 Å². The third-order valence-electron chi connectivity index (χ3n) is 7.68. The number of fused-ring (bicyclic) bond motifs is 3. The van der Waals surface area contributed by atoms with Gasteiger partial charge in [-0.05, 0) is 63.1 Å². The van der Waals surface area contributed by atoms with Gasteiger partial charge < -0.3 is 19.4 Å². The van der Waals surface area contributed by atoms with Crippen LogP contribution in [0.1, 0.15) is 62.4 Å². The Morgan fingerprint density at radius 3 is 2.91 bits per heavy atom. The SMILES string of the molecule is N#Cc1ccc2ncc3nc(CC(=O)NC[C@@H]4CCCO4)n([C@@H]4CCOC5(CCC5)C4)c3c2c1. The van der Waals surface area contributed by atoms with Crippen LogP contribution in [-0.2, 0) is 20.7 Å². The maximum atomic E-state index is 12.9. The van der Waals surface area contributed by atoms with Gasteiger partial charge in [-0.2, -0.15) is 5.26 Å². The largest absolute Gasteiger partial charge is 0.376 e. The van der Waals surface area contributed by atoms with Gasteiger partial charge in [0, 0.05) is 31.2 Å². The molecule has 2 aliphatic heterocycles. The predicted molar refractivity (Wildman–Crippen MR) is 126 cm³/mol. The number of aromatic nitrogens is 3. The Kier molecular flexibility index (Phi) is 5.47. The number of nitrogens with one attached hydrogen (secondary N) is 1. The molecule has 6 rings (SSSR count). The molecule has 1 aromatic carbocycles. The first-order valence-electron chi connectivity index (χ1n) is 12.4. The Morgan fingerprint density at radius 1 is 1.24 bits per heavy atom. The number of nitrogens with zero attached hydrogens (tertiary/aromatic N) is 4. The average molecular weight is 460 g/mol. The van der Waals surface area contributed by atoms with Crippen LogP contribution < -0.4 is 5.32 Å². The summed E-state index contributed by atoms with van der Waals surface area (Å²) < 4.78 is 14.1. The lowest BCUT2D eigenvalue weighted by Gasteiger charge is -2.47. The summed E-state index contributed by atoms with van der Waals surface area (Å²) >= 11 is 0. The number of benzene rings is 1. The molecule has 1 amide bonds. The lowest BCUT2D eigenvalue weighted by molar-refractivity contribution is -0.140. The van der Waals surface area contributed by atoms with E-state index in [2.05, 4.69) is 20.9 Å². The number of hydrogen-bond donors (Lipinski definition) is 1. The number of pyridine rings is 1. The third kappa shape index (κ3) is 3.83. The first-order valence-corrected chi connectivity index (χ1v) is 12.4. The number of carbonyl (C=O) groups is 1. The quantitative estimate of drug-likeness (QED) is 0.626. The molecule has 2 aromatic heterocycles. The summed E-state index contributed by atoms with van der Waals surface area (Å²) in [4.78, 5) is 22.4. The smallest absolute Gasteiger partial charge is 0.227 e. The minimum Gasteiger partial charge on any atom is -0.376 e. The molecule has 176 valence electrons. The van der Waals surface area contributed by atoms with E-state index in [1.807, 2.05) is 12.1 Å². The van der Waals surface area contributed by atoms with Gasteiger partial charge in [-0.25, -0.2) is 4.98 Å². The molecule has 3 aliphatic rings. The zero-order chi connectivity index (χ0) is 23.1. The molecule has 2 saturated heterocycles. The zero-order valence-corrected chi connectivity index (χ0v) is 19.3. The van der Waals surface area contributed by atoms with Gasteiger partial charge >= 0.3 is 0 Å². The van der Waals surface area contributed by atoms with E-state index in [9.17, 15) is 10.1 Å². The van der Waals surface area contributed by atoms with Crippen molar-refractivity contribution in [2.24, 2.45) is 0 Å². The number of amides is 1. The number of imidazole rings is 1. The molecule has 1 spiro atoms. The second kappa shape index (κ2) is 8.64. The first kappa shape index (κ1) is 21.5. The summed E-state index contributed by atoms with van der Waals surface area (Å²) in [5.41, 5.74) is 3.10. The van der Waals surface area contributed by atoms with E-state index in [0.29, 0.717) is 18.7 Å². The molecular weight excluding hydrogens is 430 g/mol. The first-order chi connectivity index (χ1) is 16.6. The molecule has 1 N–H and O–H groups in total. The average Bonchev–Trinajstić information content (AvgIpc) is 3.49. The lowest BCUT2D eigenvalue weighted by Crippen LogP contribution is -2.46. The predicted octanol–water partition coefficient (Wildman–Crippen LogP) is 3.57. The van der Waals surface area contributed by atoms with Gasteiger partial charge in [-0.3, -0.25) is 9.78 Å². The molecular formula is C26H29N5O3. The van der Waals surface area contributed by atoms with Crippen molar-refractivity contribution in [1.29, 1.82) is 5.26 Å². The number of ether oxygens (including phenoxy) is 2. The van der Waals surface area contributed by atoms with Crippen molar-refractivity contribution in [3.63, 3.8) is 0 Å². The molecule has 4 heterocycles. The van der Waals surface area contributed by atoms with Gasteiger partial charge in [0.05, 0.1) is 47.0 Å². The van der Waals surface area contributed by atoms with Gasteiger partial charge in [0.25, 0.3) is 0 Å². The standard InChI is InChI=1S/C26H29N5O3/c27-14-17-4-5-21-20(11-17)25-22(16-28-21)30-23(12-24(32)29-15-19-3-1-9-33-19)31(25)18-6-10-34-26(13-18)7-2-8-26/h4-5,11,16,18-19H,1-3,6-10,12-13,15H2,(H,29,32)/t18-,19+/m1/s1. The molecule has 8 nitrogen and oxygen atoms in total. The summed E-state index contributed by atoms with van der Waals surface area (Å²) in [6.45, 7) is 2.02. The molecule has 34 heavy (non-hydrogen) atoms. The van der Waals surface area contributed by atoms with E-state index in [1.54, 1.807) is 12.3 Å². The molecule has 1 saturated carbocycles. The van der Waals surface area contributed by atoms with Gasteiger partial charge in [-0.1, -0.05) is 0 Å². The molecule has 0 radical (unpaired) electrons. The molecule has 1 aliphatic carbocycles. The van der Waals surface area contributed by atoms with Crippen LogP contribution in [0.25, 0.3) is 21.9 Å². The number of carbonyl (C=O) groups excluding carboxylic acids is 1. The summed E-state index contributed by atoms with van der Waals surface area (Å²) in [6.07, 6.45) is 9.31. The van der Waals surface area contributed by atoms with Crippen molar-refractivity contribution in [2.45, 2.75) is 69.1 Å². The van der Waals surface area contributed by atoms with Gasteiger partial charge in [0.15, 0.2) is 0 Å². The normalized spacial score (nSPS) is 23.7. The molecule has 0 unspecified atom stereocenters. The molecule has 0 bridgehead atoms. The van der Waals surface area contributed by atoms with Crippen molar-refractivity contribution in [2.75, 3.05) is 19.8 Å². The minimum atomic E-state index is -0.0487. The fourth-order valence-corrected chi connectivity index (χ4v) is 5.79. The number of hydrogen-bond acceptors (Lipinski definition) is 6. The molecule has 2 atom stereocenters. The van der Waals surface area contributed by atoms with Crippen LogP contribution in [0.5, 0.6) is 0 Å². The summed E-state index contributed by atoms with van der Waals surface area (Å²) in [5, 5.41) is 13.4. The van der Waals surface area contributed by atoms with Crippen LogP contribution in [-0.4, -0.2) is 51.9 Å². The van der Waals surface area contributed by atoms with Gasteiger partial charge in [0.1, 0.15) is 11.3 Å². The third-order valence-corrected chi connectivity index (χ3v) is 7.68. The number of nitriles is 1. The van der Waals surface area contributed by atoms with Crippen molar-refractivity contribution in [3.8, 4) is 6.07 Å². The summed E-state index contributed by atoms with van der Waals surface area (Å²) in [5.74, 6) is 0.699. The zero-order valence-electron chi connectivity index (χ0n) is 19.3. The van der Waals surface area contributed by atoms with Crippen molar-refractivity contribution in [3.05, 3.63) is 35.8 Å². The Labute approximate surface area is 198 Å². The van der Waals surface area contributed by atoms with E-state index in [1.165, 1.54) is 6.42 Å². The summed E-state index contributed by atoms with van der Waals surface area (Å²) in [7, 11) is 0.